The first-order valence-corrected chi connectivity index (χ1v) is 8.51. The average molecular weight is 347 g/mol. The third kappa shape index (κ3) is 3.38. The van der Waals surface area contributed by atoms with Crippen LogP contribution in [0.5, 0.6) is 0 Å². The Morgan fingerprint density at radius 3 is 2.36 bits per heavy atom. The Morgan fingerprint density at radius 1 is 1.04 bits per heavy atom. The zero-order valence-electron chi connectivity index (χ0n) is 14.5. The summed E-state index contributed by atoms with van der Waals surface area (Å²) in [5, 5.41) is 10.2. The molecule has 124 valence electrons. The Kier molecular flexibility index (Phi) is 4.79. The molecule has 25 heavy (non-hydrogen) atoms. The average Bonchev–Trinajstić information content (AvgIpc) is 2.88. The zero-order chi connectivity index (χ0) is 18.0. The van der Waals surface area contributed by atoms with E-state index in [0.717, 1.165) is 28.2 Å². The van der Waals surface area contributed by atoms with E-state index in [1.807, 2.05) is 24.3 Å². The molecule has 3 aromatic rings. The number of aryl methyl sites for hydroxylation is 2. The SMILES string of the molecule is Cc1ccc(-n2c(C)cc(C=C(C#N)c3ccccc3Cl)c2C)cc1. The molecule has 0 N–H and O–H groups in total. The second kappa shape index (κ2) is 7.01. The highest BCUT2D eigenvalue weighted by molar-refractivity contribution is 6.32. The highest BCUT2D eigenvalue weighted by atomic mass is 35.5. The maximum absolute atomic E-state index is 9.60. The van der Waals surface area contributed by atoms with Crippen molar-refractivity contribution in [2.24, 2.45) is 0 Å². The summed E-state index contributed by atoms with van der Waals surface area (Å²) in [5.74, 6) is 0. The number of halogens is 1. The lowest BCUT2D eigenvalue weighted by atomic mass is 10.0. The number of hydrogen-bond acceptors (Lipinski definition) is 1. The van der Waals surface area contributed by atoms with Gasteiger partial charge in [-0.15, -0.1) is 0 Å². The number of benzene rings is 2. The number of hydrogen-bond donors (Lipinski definition) is 0. The van der Waals surface area contributed by atoms with Crippen LogP contribution in [-0.2, 0) is 0 Å². The minimum atomic E-state index is 0.565. The monoisotopic (exact) mass is 346 g/mol. The van der Waals surface area contributed by atoms with Gasteiger partial charge in [-0.25, -0.2) is 0 Å². The molecule has 0 fully saturated rings. The molecular weight excluding hydrogens is 328 g/mol. The number of nitriles is 1. The zero-order valence-corrected chi connectivity index (χ0v) is 15.3. The first-order valence-electron chi connectivity index (χ1n) is 8.14. The number of rotatable bonds is 3. The van der Waals surface area contributed by atoms with Crippen molar-refractivity contribution in [1.82, 2.24) is 4.57 Å². The summed E-state index contributed by atoms with van der Waals surface area (Å²) in [6.07, 6.45) is 1.91. The van der Waals surface area contributed by atoms with Gasteiger partial charge in [0.05, 0.1) is 11.6 Å². The third-order valence-corrected chi connectivity index (χ3v) is 4.68. The van der Waals surface area contributed by atoms with Crippen LogP contribution in [0, 0.1) is 32.1 Å². The lowest BCUT2D eigenvalue weighted by Gasteiger charge is -2.10. The fourth-order valence-electron chi connectivity index (χ4n) is 3.03. The van der Waals surface area contributed by atoms with E-state index >= 15 is 0 Å². The van der Waals surface area contributed by atoms with Crippen LogP contribution in [0.2, 0.25) is 5.02 Å². The maximum Gasteiger partial charge on any atom is 0.0998 e. The molecule has 3 rings (SSSR count). The predicted molar refractivity (Wildman–Crippen MR) is 105 cm³/mol. The van der Waals surface area contributed by atoms with E-state index in [1.54, 1.807) is 6.07 Å². The van der Waals surface area contributed by atoms with Crippen LogP contribution in [0.4, 0.5) is 0 Å². The maximum atomic E-state index is 9.60. The van der Waals surface area contributed by atoms with Gasteiger partial charge in [-0.3, -0.25) is 0 Å². The smallest absolute Gasteiger partial charge is 0.0998 e. The van der Waals surface area contributed by atoms with Crippen LogP contribution >= 0.6 is 11.6 Å². The van der Waals surface area contributed by atoms with Gasteiger partial charge < -0.3 is 4.57 Å². The van der Waals surface area contributed by atoms with Gasteiger partial charge in [0.15, 0.2) is 0 Å². The Labute approximate surface area is 153 Å². The summed E-state index contributed by atoms with van der Waals surface area (Å²) in [4.78, 5) is 0. The fraction of sp³-hybridized carbons (Fsp3) is 0.136. The second-order valence-electron chi connectivity index (χ2n) is 6.15. The Hall–Kier alpha value is -2.76. The van der Waals surface area contributed by atoms with E-state index in [1.165, 1.54) is 5.56 Å². The minimum Gasteiger partial charge on any atom is -0.318 e. The molecule has 0 unspecified atom stereocenters. The van der Waals surface area contributed by atoms with E-state index in [2.05, 4.69) is 61.7 Å². The molecule has 0 bridgehead atoms. The quantitative estimate of drug-likeness (QED) is 0.525. The lowest BCUT2D eigenvalue weighted by molar-refractivity contribution is 0.963. The molecular formula is C22H19ClN2. The summed E-state index contributed by atoms with van der Waals surface area (Å²) < 4.78 is 2.20. The molecule has 0 aliphatic rings. The van der Waals surface area contributed by atoms with Crippen LogP contribution < -0.4 is 0 Å². The standard InChI is InChI=1S/C22H19ClN2/c1-15-8-10-20(11-9-15)25-16(2)12-18(17(25)3)13-19(14-24)21-6-4-5-7-22(21)23/h4-13H,1-3H3. The van der Waals surface area contributed by atoms with Crippen molar-refractivity contribution in [2.45, 2.75) is 20.8 Å². The highest BCUT2D eigenvalue weighted by Gasteiger charge is 2.12. The summed E-state index contributed by atoms with van der Waals surface area (Å²) in [6.45, 7) is 6.22. The molecule has 0 radical (unpaired) electrons. The van der Waals surface area contributed by atoms with Crippen molar-refractivity contribution in [1.29, 1.82) is 5.26 Å². The van der Waals surface area contributed by atoms with Gasteiger partial charge in [-0.2, -0.15) is 5.26 Å². The molecule has 0 spiro atoms. The van der Waals surface area contributed by atoms with E-state index in [4.69, 9.17) is 11.6 Å². The number of allylic oxidation sites excluding steroid dienone is 1. The summed E-state index contributed by atoms with van der Waals surface area (Å²) in [6, 6.07) is 20.2. The van der Waals surface area contributed by atoms with Gasteiger partial charge in [-0.1, -0.05) is 47.5 Å². The molecule has 0 aliphatic heterocycles. The molecule has 0 atom stereocenters. The number of nitrogens with zero attached hydrogens (tertiary/aromatic N) is 2. The van der Waals surface area contributed by atoms with Crippen molar-refractivity contribution in [2.75, 3.05) is 0 Å². The van der Waals surface area contributed by atoms with Crippen molar-refractivity contribution in [3.05, 3.63) is 87.7 Å². The van der Waals surface area contributed by atoms with Crippen molar-refractivity contribution < 1.29 is 0 Å². The predicted octanol–water partition coefficient (Wildman–Crippen LogP) is 6.12. The topological polar surface area (TPSA) is 28.7 Å². The van der Waals surface area contributed by atoms with E-state index < -0.39 is 0 Å². The normalized spacial score (nSPS) is 11.4. The summed E-state index contributed by atoms with van der Waals surface area (Å²) in [5.41, 5.74) is 6.93. The van der Waals surface area contributed by atoms with Crippen LogP contribution in [0.1, 0.15) is 28.1 Å². The molecule has 3 heteroatoms. The van der Waals surface area contributed by atoms with Crippen LogP contribution in [0.3, 0.4) is 0 Å². The van der Waals surface area contributed by atoms with Crippen molar-refractivity contribution in [3.63, 3.8) is 0 Å². The van der Waals surface area contributed by atoms with Gasteiger partial charge in [0.1, 0.15) is 0 Å². The van der Waals surface area contributed by atoms with Gasteiger partial charge in [0.2, 0.25) is 0 Å². The van der Waals surface area contributed by atoms with E-state index in [-0.39, 0.29) is 0 Å². The molecule has 2 aromatic carbocycles. The van der Waals surface area contributed by atoms with Gasteiger partial charge in [0.25, 0.3) is 0 Å². The largest absolute Gasteiger partial charge is 0.318 e. The molecule has 2 nitrogen and oxygen atoms in total. The third-order valence-electron chi connectivity index (χ3n) is 4.35. The molecule has 1 aromatic heterocycles. The van der Waals surface area contributed by atoms with Crippen LogP contribution in [0.15, 0.2) is 54.6 Å². The van der Waals surface area contributed by atoms with Crippen molar-refractivity contribution >= 4 is 23.3 Å². The highest BCUT2D eigenvalue weighted by Crippen LogP contribution is 2.28. The Morgan fingerprint density at radius 2 is 1.72 bits per heavy atom. The van der Waals surface area contributed by atoms with Gasteiger partial charge >= 0.3 is 0 Å². The van der Waals surface area contributed by atoms with Crippen LogP contribution in [-0.4, -0.2) is 4.57 Å². The molecule has 0 aliphatic carbocycles. The van der Waals surface area contributed by atoms with Crippen molar-refractivity contribution in [3.8, 4) is 11.8 Å². The summed E-state index contributed by atoms with van der Waals surface area (Å²) >= 11 is 6.25. The van der Waals surface area contributed by atoms with Gasteiger partial charge in [-0.05, 0) is 56.7 Å². The summed E-state index contributed by atoms with van der Waals surface area (Å²) in [7, 11) is 0. The van der Waals surface area contributed by atoms with E-state index in [0.29, 0.717) is 10.6 Å². The fourth-order valence-corrected chi connectivity index (χ4v) is 3.27. The lowest BCUT2D eigenvalue weighted by Crippen LogP contribution is -1.98. The number of aromatic nitrogens is 1. The first kappa shape index (κ1) is 17.1. The Balaban J connectivity index is 2.10. The molecule has 0 saturated heterocycles. The minimum absolute atomic E-state index is 0.565. The van der Waals surface area contributed by atoms with E-state index in [9.17, 15) is 5.26 Å². The first-order chi connectivity index (χ1) is 12.0. The van der Waals surface area contributed by atoms with Gasteiger partial charge in [0, 0.05) is 27.7 Å². The molecule has 1 heterocycles. The molecule has 0 amide bonds. The Bertz CT molecular complexity index is 986. The molecule has 0 saturated carbocycles. The second-order valence-corrected chi connectivity index (χ2v) is 6.55. The van der Waals surface area contributed by atoms with Crippen LogP contribution in [0.25, 0.3) is 17.3 Å².